The molecule has 0 saturated heterocycles. The van der Waals surface area contributed by atoms with E-state index in [0.29, 0.717) is 12.5 Å². The van der Waals surface area contributed by atoms with E-state index in [1.165, 1.54) is 18.4 Å². The average molecular weight is 414 g/mol. The number of imidazole rings is 1. The zero-order valence-corrected chi connectivity index (χ0v) is 16.3. The van der Waals surface area contributed by atoms with E-state index in [4.69, 9.17) is 4.98 Å². The summed E-state index contributed by atoms with van der Waals surface area (Å²) in [5.74, 6) is 0.612. The molecule has 0 atom stereocenters. The first-order chi connectivity index (χ1) is 12.5. The van der Waals surface area contributed by atoms with Crippen molar-refractivity contribution in [1.29, 1.82) is 0 Å². The zero-order chi connectivity index (χ0) is 18.3. The summed E-state index contributed by atoms with van der Waals surface area (Å²) in [5.41, 5.74) is 4.84. The van der Waals surface area contributed by atoms with Crippen LogP contribution in [0.1, 0.15) is 36.9 Å². The molecule has 1 fully saturated rings. The summed E-state index contributed by atoms with van der Waals surface area (Å²) in [5, 5.41) is 3.36. The minimum Gasteiger partial charge on any atom is -0.379 e. The summed E-state index contributed by atoms with van der Waals surface area (Å²) >= 11 is 3.37. The fourth-order valence-corrected chi connectivity index (χ4v) is 3.36. The maximum atomic E-state index is 11.9. The summed E-state index contributed by atoms with van der Waals surface area (Å²) in [7, 11) is 1.80. The van der Waals surface area contributed by atoms with E-state index < -0.39 is 0 Å². The van der Waals surface area contributed by atoms with Crippen molar-refractivity contribution in [2.45, 2.75) is 32.2 Å². The minimum absolute atomic E-state index is 0.00385. The molecule has 1 N–H and O–H groups in total. The summed E-state index contributed by atoms with van der Waals surface area (Å²) in [6, 6.07) is 5.95. The molecular formula is C19H20BrN5O. The van der Waals surface area contributed by atoms with Crippen LogP contribution in [0.25, 0.3) is 5.65 Å². The molecule has 0 aromatic carbocycles. The Labute approximate surface area is 160 Å². The number of aromatic nitrogens is 3. The van der Waals surface area contributed by atoms with Gasteiger partial charge in [0.2, 0.25) is 5.91 Å². The van der Waals surface area contributed by atoms with Gasteiger partial charge in [0, 0.05) is 38.2 Å². The standard InChI is InChI=1S/C19H20BrN5O/c1-12(26)24(2)17-7-14(13-3-4-13)10-25-11-16(23-19(17)25)9-22-15-5-6-21-18(20)8-15/h5-8,10-11,13H,3-4,9H2,1-2H3,(H,21,22). The molecule has 6 nitrogen and oxygen atoms in total. The monoisotopic (exact) mass is 413 g/mol. The molecule has 1 saturated carbocycles. The van der Waals surface area contributed by atoms with E-state index in [2.05, 4.69) is 38.5 Å². The molecule has 26 heavy (non-hydrogen) atoms. The second-order valence-corrected chi connectivity index (χ2v) is 7.51. The highest BCUT2D eigenvalue weighted by atomic mass is 79.9. The quantitative estimate of drug-likeness (QED) is 0.642. The highest BCUT2D eigenvalue weighted by Crippen LogP contribution is 2.41. The Bertz CT molecular complexity index is 979. The van der Waals surface area contributed by atoms with Gasteiger partial charge in [-0.25, -0.2) is 9.97 Å². The number of fused-ring (bicyclic) bond motifs is 1. The maximum absolute atomic E-state index is 11.9. The number of hydrogen-bond acceptors (Lipinski definition) is 4. The van der Waals surface area contributed by atoms with Gasteiger partial charge in [-0.1, -0.05) is 0 Å². The van der Waals surface area contributed by atoms with E-state index in [-0.39, 0.29) is 5.91 Å². The molecule has 0 unspecified atom stereocenters. The molecule has 4 rings (SSSR count). The molecule has 0 spiro atoms. The normalized spacial score (nSPS) is 13.8. The van der Waals surface area contributed by atoms with Gasteiger partial charge in [0.1, 0.15) is 4.60 Å². The molecule has 134 valence electrons. The number of amides is 1. The number of nitrogens with zero attached hydrogens (tertiary/aromatic N) is 4. The molecule has 0 bridgehead atoms. The molecule has 3 heterocycles. The molecule has 3 aromatic heterocycles. The van der Waals surface area contributed by atoms with Gasteiger partial charge in [0.15, 0.2) is 5.65 Å². The number of anilines is 2. The number of carbonyl (C=O) groups excluding carboxylic acids is 1. The third-order valence-corrected chi connectivity index (χ3v) is 5.12. The van der Waals surface area contributed by atoms with Crippen LogP contribution in [0.2, 0.25) is 0 Å². The summed E-state index contributed by atoms with van der Waals surface area (Å²) < 4.78 is 2.83. The molecule has 3 aromatic rings. The second kappa shape index (κ2) is 6.72. The Morgan fingerprint density at radius 1 is 1.38 bits per heavy atom. The Morgan fingerprint density at radius 2 is 2.19 bits per heavy atom. The van der Waals surface area contributed by atoms with E-state index in [9.17, 15) is 4.79 Å². The minimum atomic E-state index is 0.00385. The summed E-state index contributed by atoms with van der Waals surface area (Å²) in [4.78, 5) is 22.5. The number of rotatable bonds is 5. The van der Waals surface area contributed by atoms with Crippen molar-refractivity contribution in [3.05, 3.63) is 52.7 Å². The Hall–Kier alpha value is -2.41. The maximum Gasteiger partial charge on any atom is 0.223 e. The largest absolute Gasteiger partial charge is 0.379 e. The van der Waals surface area contributed by atoms with Gasteiger partial charge in [0.25, 0.3) is 0 Å². The summed E-state index contributed by atoms with van der Waals surface area (Å²) in [6.07, 6.45) is 8.35. The highest BCUT2D eigenvalue weighted by molar-refractivity contribution is 9.10. The van der Waals surface area contributed by atoms with Crippen molar-refractivity contribution >= 4 is 38.9 Å². The van der Waals surface area contributed by atoms with Crippen molar-refractivity contribution in [3.63, 3.8) is 0 Å². The fraction of sp³-hybridized carbons (Fsp3) is 0.316. The van der Waals surface area contributed by atoms with Crippen LogP contribution in [0.5, 0.6) is 0 Å². The predicted molar refractivity (Wildman–Crippen MR) is 106 cm³/mol. The third-order valence-electron chi connectivity index (χ3n) is 4.69. The zero-order valence-electron chi connectivity index (χ0n) is 14.7. The topological polar surface area (TPSA) is 62.5 Å². The fourth-order valence-electron chi connectivity index (χ4n) is 3.00. The van der Waals surface area contributed by atoms with Crippen molar-refractivity contribution < 1.29 is 4.79 Å². The van der Waals surface area contributed by atoms with Gasteiger partial charge in [-0.3, -0.25) is 4.79 Å². The number of carbonyl (C=O) groups is 1. The first kappa shape index (κ1) is 17.0. The van der Waals surface area contributed by atoms with E-state index in [1.807, 2.05) is 22.7 Å². The SMILES string of the molecule is CC(=O)N(C)c1cc(C2CC2)cn2cc(CNc3ccnc(Br)c3)nc12. The van der Waals surface area contributed by atoms with Gasteiger partial charge < -0.3 is 14.6 Å². The second-order valence-electron chi connectivity index (χ2n) is 6.69. The van der Waals surface area contributed by atoms with Crippen LogP contribution in [-0.2, 0) is 11.3 Å². The van der Waals surface area contributed by atoms with Crippen molar-refractivity contribution in [3.8, 4) is 0 Å². The molecule has 0 radical (unpaired) electrons. The number of halogens is 1. The molecular weight excluding hydrogens is 394 g/mol. The lowest BCUT2D eigenvalue weighted by Crippen LogP contribution is -2.23. The van der Waals surface area contributed by atoms with Crippen molar-refractivity contribution in [1.82, 2.24) is 14.4 Å². The first-order valence-electron chi connectivity index (χ1n) is 8.62. The van der Waals surface area contributed by atoms with E-state index in [0.717, 1.165) is 27.3 Å². The van der Waals surface area contributed by atoms with Crippen LogP contribution in [0.4, 0.5) is 11.4 Å². The van der Waals surface area contributed by atoms with Crippen LogP contribution in [0.15, 0.2) is 41.4 Å². The average Bonchev–Trinajstić information content (AvgIpc) is 3.38. The molecule has 1 aliphatic rings. The van der Waals surface area contributed by atoms with Crippen LogP contribution in [-0.4, -0.2) is 27.3 Å². The lowest BCUT2D eigenvalue weighted by molar-refractivity contribution is -0.116. The highest BCUT2D eigenvalue weighted by Gasteiger charge is 2.26. The van der Waals surface area contributed by atoms with Gasteiger partial charge >= 0.3 is 0 Å². The Balaban J connectivity index is 1.66. The molecule has 7 heteroatoms. The number of nitrogens with one attached hydrogen (secondary N) is 1. The van der Waals surface area contributed by atoms with Gasteiger partial charge in [0.05, 0.1) is 17.9 Å². The molecule has 0 aliphatic heterocycles. The van der Waals surface area contributed by atoms with Crippen molar-refractivity contribution in [2.24, 2.45) is 0 Å². The van der Waals surface area contributed by atoms with Crippen LogP contribution < -0.4 is 10.2 Å². The van der Waals surface area contributed by atoms with Crippen LogP contribution in [0, 0.1) is 0 Å². The van der Waals surface area contributed by atoms with Gasteiger partial charge in [-0.2, -0.15) is 0 Å². The van der Waals surface area contributed by atoms with Gasteiger partial charge in [-0.05, 0) is 58.5 Å². The smallest absolute Gasteiger partial charge is 0.223 e. The Kier molecular flexibility index (Phi) is 4.40. The summed E-state index contributed by atoms with van der Waals surface area (Å²) in [6.45, 7) is 2.17. The Morgan fingerprint density at radius 3 is 2.88 bits per heavy atom. The van der Waals surface area contributed by atoms with E-state index >= 15 is 0 Å². The first-order valence-corrected chi connectivity index (χ1v) is 9.42. The van der Waals surface area contributed by atoms with Crippen LogP contribution in [0.3, 0.4) is 0 Å². The van der Waals surface area contributed by atoms with Gasteiger partial charge in [-0.15, -0.1) is 0 Å². The van der Waals surface area contributed by atoms with Crippen molar-refractivity contribution in [2.75, 3.05) is 17.3 Å². The van der Waals surface area contributed by atoms with Crippen LogP contribution >= 0.6 is 15.9 Å². The third kappa shape index (κ3) is 3.44. The number of hydrogen-bond donors (Lipinski definition) is 1. The predicted octanol–water partition coefficient (Wildman–Crippen LogP) is 3.96. The lowest BCUT2D eigenvalue weighted by Gasteiger charge is -2.17. The molecule has 1 amide bonds. The van der Waals surface area contributed by atoms with E-state index in [1.54, 1.807) is 25.1 Å². The number of pyridine rings is 2. The molecule has 1 aliphatic carbocycles. The lowest BCUT2D eigenvalue weighted by atomic mass is 10.1.